The Bertz CT molecular complexity index is 270. The molecule has 6 heteroatoms. The molecule has 1 heterocycles. The highest BCUT2D eigenvalue weighted by atomic mass is 16.7. The molecule has 1 saturated heterocycles. The largest absolute Gasteiger partial charge is 0.442 e. The second-order valence-electron chi connectivity index (χ2n) is 5.68. The number of hydroxylamine groups is 1. The van der Waals surface area contributed by atoms with Crippen molar-refractivity contribution in [2.24, 2.45) is 5.92 Å². The van der Waals surface area contributed by atoms with Gasteiger partial charge in [-0.05, 0) is 40.7 Å². The van der Waals surface area contributed by atoms with E-state index >= 15 is 0 Å². The molecule has 0 spiro atoms. The van der Waals surface area contributed by atoms with Gasteiger partial charge in [0.2, 0.25) is 0 Å². The van der Waals surface area contributed by atoms with Crippen LogP contribution in [0.5, 0.6) is 0 Å². The van der Waals surface area contributed by atoms with Gasteiger partial charge in [-0.25, -0.2) is 4.79 Å². The first kappa shape index (κ1) is 15.2. The van der Waals surface area contributed by atoms with Crippen LogP contribution in [0.25, 0.3) is 0 Å². The molecule has 0 radical (unpaired) electrons. The van der Waals surface area contributed by atoms with Crippen LogP contribution in [0.1, 0.15) is 34.1 Å². The third kappa shape index (κ3) is 5.20. The van der Waals surface area contributed by atoms with Crippen LogP contribution in [0.15, 0.2) is 0 Å². The zero-order valence-corrected chi connectivity index (χ0v) is 11.5. The van der Waals surface area contributed by atoms with E-state index in [0.29, 0.717) is 0 Å². The number of hydrogen-bond acceptors (Lipinski definition) is 5. The fourth-order valence-electron chi connectivity index (χ4n) is 1.96. The molecule has 1 aliphatic heterocycles. The summed E-state index contributed by atoms with van der Waals surface area (Å²) in [4.78, 5) is 16.7. The van der Waals surface area contributed by atoms with Crippen molar-refractivity contribution in [3.05, 3.63) is 0 Å². The molecular formula is C12H24N2O4. The Balaban J connectivity index is 2.40. The molecule has 18 heavy (non-hydrogen) atoms. The SMILES string of the molecule is CC(O)C(ONC(=O)OC(C)(C)C)C1CCNC1. The molecule has 3 N–H and O–H groups in total. The first-order valence-electron chi connectivity index (χ1n) is 6.33. The number of nitrogens with one attached hydrogen (secondary N) is 2. The van der Waals surface area contributed by atoms with Crippen molar-refractivity contribution in [3.8, 4) is 0 Å². The lowest BCUT2D eigenvalue weighted by Gasteiger charge is -2.26. The van der Waals surface area contributed by atoms with Crippen LogP contribution < -0.4 is 10.8 Å². The minimum absolute atomic E-state index is 0.194. The molecule has 0 saturated carbocycles. The number of rotatable bonds is 4. The number of carbonyl (C=O) groups is 1. The summed E-state index contributed by atoms with van der Waals surface area (Å²) in [6, 6.07) is 0. The van der Waals surface area contributed by atoms with Crippen LogP contribution in [-0.2, 0) is 9.57 Å². The summed E-state index contributed by atoms with van der Waals surface area (Å²) >= 11 is 0. The Morgan fingerprint density at radius 3 is 2.61 bits per heavy atom. The summed E-state index contributed by atoms with van der Waals surface area (Å²) in [5.41, 5.74) is 1.68. The minimum Gasteiger partial charge on any atom is -0.442 e. The van der Waals surface area contributed by atoms with Gasteiger partial charge in [0.15, 0.2) is 0 Å². The first-order valence-corrected chi connectivity index (χ1v) is 6.33. The monoisotopic (exact) mass is 260 g/mol. The highest BCUT2D eigenvalue weighted by molar-refractivity contribution is 5.66. The molecule has 0 aromatic carbocycles. The molecule has 0 aromatic heterocycles. The van der Waals surface area contributed by atoms with E-state index in [1.165, 1.54) is 0 Å². The maximum absolute atomic E-state index is 11.4. The Morgan fingerprint density at radius 1 is 1.50 bits per heavy atom. The fraction of sp³-hybridized carbons (Fsp3) is 0.917. The van der Waals surface area contributed by atoms with E-state index in [0.717, 1.165) is 19.5 Å². The third-order valence-electron chi connectivity index (χ3n) is 2.72. The average molecular weight is 260 g/mol. The van der Waals surface area contributed by atoms with Crippen LogP contribution in [0, 0.1) is 5.92 Å². The van der Waals surface area contributed by atoms with Crippen molar-refractivity contribution in [1.82, 2.24) is 10.8 Å². The van der Waals surface area contributed by atoms with Gasteiger partial charge in [0.25, 0.3) is 0 Å². The molecule has 1 amide bonds. The second-order valence-corrected chi connectivity index (χ2v) is 5.68. The lowest BCUT2D eigenvalue weighted by molar-refractivity contribution is -0.104. The topological polar surface area (TPSA) is 79.8 Å². The van der Waals surface area contributed by atoms with Crippen LogP contribution in [0.4, 0.5) is 4.79 Å². The van der Waals surface area contributed by atoms with Gasteiger partial charge in [0.1, 0.15) is 11.7 Å². The van der Waals surface area contributed by atoms with E-state index in [9.17, 15) is 9.90 Å². The van der Waals surface area contributed by atoms with Crippen LogP contribution in [-0.4, -0.2) is 42.1 Å². The number of carbonyl (C=O) groups excluding carboxylic acids is 1. The predicted molar refractivity (Wildman–Crippen MR) is 66.9 cm³/mol. The van der Waals surface area contributed by atoms with Gasteiger partial charge < -0.3 is 15.2 Å². The van der Waals surface area contributed by atoms with Crippen LogP contribution in [0.2, 0.25) is 0 Å². The van der Waals surface area contributed by atoms with Crippen molar-refractivity contribution < 1.29 is 19.5 Å². The summed E-state index contributed by atoms with van der Waals surface area (Å²) in [5, 5.41) is 12.9. The molecule has 1 rings (SSSR count). The number of aliphatic hydroxyl groups excluding tert-OH is 1. The van der Waals surface area contributed by atoms with E-state index in [1.807, 2.05) is 0 Å². The van der Waals surface area contributed by atoms with Crippen LogP contribution >= 0.6 is 0 Å². The first-order chi connectivity index (χ1) is 8.29. The van der Waals surface area contributed by atoms with Gasteiger partial charge in [-0.15, -0.1) is 0 Å². The summed E-state index contributed by atoms with van der Waals surface area (Å²) in [6.07, 6.45) is -0.789. The standard InChI is InChI=1S/C12H24N2O4/c1-8(15)10(9-5-6-13-7-9)18-14-11(16)17-12(2,3)4/h8-10,13,15H,5-7H2,1-4H3,(H,14,16). The zero-order chi connectivity index (χ0) is 13.8. The molecule has 106 valence electrons. The Labute approximate surface area is 108 Å². The van der Waals surface area contributed by atoms with E-state index < -0.39 is 23.9 Å². The summed E-state index contributed by atoms with van der Waals surface area (Å²) in [5.74, 6) is 0.194. The number of amides is 1. The summed E-state index contributed by atoms with van der Waals surface area (Å²) in [7, 11) is 0. The highest BCUT2D eigenvalue weighted by Gasteiger charge is 2.30. The van der Waals surface area contributed by atoms with Gasteiger partial charge in [0, 0.05) is 12.5 Å². The number of ether oxygens (including phenoxy) is 1. The molecular weight excluding hydrogens is 236 g/mol. The molecule has 3 atom stereocenters. The summed E-state index contributed by atoms with van der Waals surface area (Å²) in [6.45, 7) is 8.67. The third-order valence-corrected chi connectivity index (χ3v) is 2.72. The lowest BCUT2D eigenvalue weighted by atomic mass is 9.98. The van der Waals surface area contributed by atoms with E-state index in [2.05, 4.69) is 10.8 Å². The number of aliphatic hydroxyl groups is 1. The number of hydrogen-bond donors (Lipinski definition) is 3. The molecule has 0 aromatic rings. The Hall–Kier alpha value is -0.850. The van der Waals surface area contributed by atoms with Crippen molar-refractivity contribution in [2.75, 3.05) is 13.1 Å². The van der Waals surface area contributed by atoms with Gasteiger partial charge in [0.05, 0.1) is 6.10 Å². The molecule has 0 aliphatic carbocycles. The lowest BCUT2D eigenvalue weighted by Crippen LogP contribution is -2.42. The predicted octanol–water partition coefficient (Wildman–Crippen LogP) is 0.802. The second kappa shape index (κ2) is 6.36. The molecule has 0 bridgehead atoms. The smallest absolute Gasteiger partial charge is 0.431 e. The maximum atomic E-state index is 11.4. The molecule has 6 nitrogen and oxygen atoms in total. The Kier molecular flexibility index (Phi) is 5.37. The average Bonchev–Trinajstić information content (AvgIpc) is 2.67. The normalized spacial score (nSPS) is 23.5. The molecule has 1 fully saturated rings. The molecule has 3 unspecified atom stereocenters. The van der Waals surface area contributed by atoms with E-state index in [1.54, 1.807) is 27.7 Å². The van der Waals surface area contributed by atoms with Crippen molar-refractivity contribution in [1.29, 1.82) is 0 Å². The quantitative estimate of drug-likeness (QED) is 0.652. The van der Waals surface area contributed by atoms with Gasteiger partial charge in [-0.1, -0.05) is 0 Å². The van der Waals surface area contributed by atoms with Gasteiger partial charge >= 0.3 is 6.09 Å². The van der Waals surface area contributed by atoms with Gasteiger partial charge in [-0.2, -0.15) is 5.48 Å². The maximum Gasteiger partial charge on any atom is 0.431 e. The zero-order valence-electron chi connectivity index (χ0n) is 11.5. The Morgan fingerprint density at radius 2 is 2.17 bits per heavy atom. The molecule has 1 aliphatic rings. The minimum atomic E-state index is -0.648. The van der Waals surface area contributed by atoms with Crippen molar-refractivity contribution in [3.63, 3.8) is 0 Å². The fourth-order valence-corrected chi connectivity index (χ4v) is 1.96. The summed E-state index contributed by atoms with van der Waals surface area (Å²) < 4.78 is 5.06. The van der Waals surface area contributed by atoms with Crippen LogP contribution in [0.3, 0.4) is 0 Å². The van der Waals surface area contributed by atoms with Crippen molar-refractivity contribution >= 4 is 6.09 Å². The van der Waals surface area contributed by atoms with E-state index in [4.69, 9.17) is 9.57 Å². The van der Waals surface area contributed by atoms with Crippen molar-refractivity contribution in [2.45, 2.75) is 51.9 Å². The highest BCUT2D eigenvalue weighted by Crippen LogP contribution is 2.18. The van der Waals surface area contributed by atoms with E-state index in [-0.39, 0.29) is 5.92 Å². The van der Waals surface area contributed by atoms with Gasteiger partial charge in [-0.3, -0.25) is 4.84 Å².